The predicted octanol–water partition coefficient (Wildman–Crippen LogP) is 7.54. The van der Waals surface area contributed by atoms with Gasteiger partial charge in [0.2, 0.25) is 0 Å². The number of halogens is 2. The molecule has 0 N–H and O–H groups in total. The number of rotatable bonds is 7. The number of fused-ring (bicyclic) bond motifs is 2. The highest BCUT2D eigenvalue weighted by molar-refractivity contribution is 6.42. The molecule has 2 aliphatic heterocycles. The van der Waals surface area contributed by atoms with Gasteiger partial charge < -0.3 is 14.2 Å². The van der Waals surface area contributed by atoms with Crippen molar-refractivity contribution >= 4 is 29.2 Å². The van der Waals surface area contributed by atoms with Crippen LogP contribution in [0.5, 0.6) is 11.5 Å². The van der Waals surface area contributed by atoms with E-state index in [0.717, 1.165) is 67.1 Å². The minimum atomic E-state index is -0.215. The van der Waals surface area contributed by atoms with Crippen LogP contribution in [0.4, 0.5) is 0 Å². The Morgan fingerprint density at radius 2 is 1.79 bits per heavy atom. The van der Waals surface area contributed by atoms with E-state index in [1.54, 1.807) is 0 Å². The molecule has 42 heavy (non-hydrogen) atoms. The Kier molecular flexibility index (Phi) is 8.69. The highest BCUT2D eigenvalue weighted by Gasteiger charge is 2.39. The molecule has 3 aromatic rings. The lowest BCUT2D eigenvalue weighted by Crippen LogP contribution is -2.53. The summed E-state index contributed by atoms with van der Waals surface area (Å²) in [5.74, 6) is 1.59. The number of carbonyl (C=O) groups is 1. The van der Waals surface area contributed by atoms with Gasteiger partial charge in [-0.3, -0.25) is 14.6 Å². The van der Waals surface area contributed by atoms with Crippen molar-refractivity contribution in [3.8, 4) is 11.5 Å². The van der Waals surface area contributed by atoms with Gasteiger partial charge in [0.25, 0.3) is 0 Å². The Morgan fingerprint density at radius 1 is 1.00 bits per heavy atom. The molecule has 0 radical (unpaired) electrons. The number of hydrogen-bond acceptors (Lipinski definition) is 6. The number of ether oxygens (including phenoxy) is 3. The van der Waals surface area contributed by atoms with Crippen molar-refractivity contribution in [3.63, 3.8) is 0 Å². The maximum Gasteiger partial charge on any atom is 0.323 e. The molecule has 2 heterocycles. The predicted molar refractivity (Wildman–Crippen MR) is 165 cm³/mol. The molecule has 0 aromatic heterocycles. The van der Waals surface area contributed by atoms with E-state index in [4.69, 9.17) is 37.4 Å². The van der Waals surface area contributed by atoms with Crippen molar-refractivity contribution < 1.29 is 19.0 Å². The van der Waals surface area contributed by atoms with E-state index in [2.05, 4.69) is 48.0 Å². The standard InChI is InChI=1S/C34H38Cl2N2O4/c1-4-31(22-10-13-28(35)29(36)15-22)41-27-11-8-21(9-12-27)33-20-37(2)18-25-14-23-16-30(34(39)40-3)38(26-6-5-7-26)19-24(23)17-32(25)42-33/h8-15,17,26,30-31,33H,4-7,16,18-20H2,1-3H3/t30-,31+,33+/m0/s1. The van der Waals surface area contributed by atoms with E-state index < -0.39 is 0 Å². The van der Waals surface area contributed by atoms with Gasteiger partial charge in [0.15, 0.2) is 0 Å². The molecule has 3 atom stereocenters. The first-order valence-electron chi connectivity index (χ1n) is 14.9. The minimum Gasteiger partial charge on any atom is -0.486 e. The molecule has 1 fully saturated rings. The number of hydrogen-bond donors (Lipinski definition) is 0. The number of nitrogens with zero attached hydrogens (tertiary/aromatic N) is 2. The summed E-state index contributed by atoms with van der Waals surface area (Å²) < 4.78 is 18.3. The molecule has 1 aliphatic carbocycles. The van der Waals surface area contributed by atoms with E-state index in [0.29, 0.717) is 22.5 Å². The molecular formula is C34H38Cl2N2O4. The summed E-state index contributed by atoms with van der Waals surface area (Å²) in [5, 5.41) is 1.07. The first kappa shape index (κ1) is 29.3. The average Bonchev–Trinajstić information content (AvgIpc) is 3.12. The van der Waals surface area contributed by atoms with Crippen molar-refractivity contribution in [3.05, 3.63) is 92.5 Å². The third-order valence-corrected chi connectivity index (χ3v) is 9.71. The molecule has 0 bridgehead atoms. The van der Waals surface area contributed by atoms with E-state index in [9.17, 15) is 4.79 Å². The Hall–Kier alpha value is -2.77. The van der Waals surface area contributed by atoms with Crippen LogP contribution in [0.15, 0.2) is 54.6 Å². The van der Waals surface area contributed by atoms with Gasteiger partial charge in [-0.05, 0) is 85.3 Å². The molecule has 1 saturated carbocycles. The third-order valence-electron chi connectivity index (χ3n) is 8.97. The van der Waals surface area contributed by atoms with Crippen molar-refractivity contribution in [2.45, 2.75) is 76.4 Å². The van der Waals surface area contributed by atoms with Crippen LogP contribution in [0.25, 0.3) is 0 Å². The number of benzene rings is 3. The van der Waals surface area contributed by atoms with Crippen molar-refractivity contribution in [1.29, 1.82) is 0 Å². The fraction of sp³-hybridized carbons (Fsp3) is 0.441. The molecule has 0 amide bonds. The highest BCUT2D eigenvalue weighted by atomic mass is 35.5. The molecule has 3 aromatic carbocycles. The second-order valence-electron chi connectivity index (χ2n) is 11.8. The minimum absolute atomic E-state index is 0.116. The number of esters is 1. The Labute approximate surface area is 258 Å². The van der Waals surface area contributed by atoms with Gasteiger partial charge in [-0.25, -0.2) is 0 Å². The monoisotopic (exact) mass is 608 g/mol. The zero-order chi connectivity index (χ0) is 29.4. The van der Waals surface area contributed by atoms with E-state index in [1.807, 2.05) is 30.3 Å². The van der Waals surface area contributed by atoms with Crippen LogP contribution in [0, 0.1) is 0 Å². The van der Waals surface area contributed by atoms with Crippen LogP contribution in [0.1, 0.15) is 72.6 Å². The SMILES string of the molecule is CC[C@@H](Oc1ccc([C@H]2CN(C)Cc3cc4c(cc3O2)CN(C2CCC2)[C@H](C(=O)OC)C4)cc1)c1ccc(Cl)c(Cl)c1. The van der Waals surface area contributed by atoms with Gasteiger partial charge in [0, 0.05) is 31.2 Å². The summed E-state index contributed by atoms with van der Waals surface area (Å²) in [7, 11) is 3.62. The van der Waals surface area contributed by atoms with Crippen molar-refractivity contribution in [2.75, 3.05) is 20.7 Å². The number of methoxy groups -OCH3 is 1. The molecule has 222 valence electrons. The van der Waals surface area contributed by atoms with Gasteiger partial charge >= 0.3 is 5.97 Å². The normalized spacial score (nSPS) is 21.7. The molecule has 3 aliphatic rings. The lowest BCUT2D eigenvalue weighted by molar-refractivity contribution is -0.149. The summed E-state index contributed by atoms with van der Waals surface area (Å²) in [6, 6.07) is 18.6. The first-order valence-corrected chi connectivity index (χ1v) is 15.6. The fourth-order valence-corrected chi connectivity index (χ4v) is 6.71. The van der Waals surface area contributed by atoms with Gasteiger partial charge in [-0.15, -0.1) is 0 Å². The van der Waals surface area contributed by atoms with E-state index in [-0.39, 0.29) is 24.2 Å². The van der Waals surface area contributed by atoms with E-state index in [1.165, 1.54) is 24.7 Å². The summed E-state index contributed by atoms with van der Waals surface area (Å²) >= 11 is 12.4. The van der Waals surface area contributed by atoms with Crippen LogP contribution in [-0.2, 0) is 29.0 Å². The highest BCUT2D eigenvalue weighted by Crippen LogP contribution is 2.39. The Balaban J connectivity index is 1.21. The second kappa shape index (κ2) is 12.5. The Bertz CT molecular complexity index is 1440. The van der Waals surface area contributed by atoms with Gasteiger partial charge in [-0.2, -0.15) is 0 Å². The lowest BCUT2D eigenvalue weighted by Gasteiger charge is -2.44. The zero-order valence-corrected chi connectivity index (χ0v) is 26.0. The molecule has 6 rings (SSSR count). The van der Waals surface area contributed by atoms with Crippen LogP contribution >= 0.6 is 23.2 Å². The van der Waals surface area contributed by atoms with Gasteiger partial charge in [-0.1, -0.05) is 60.8 Å². The summed E-state index contributed by atoms with van der Waals surface area (Å²) in [5.41, 5.74) is 5.74. The lowest BCUT2D eigenvalue weighted by atomic mass is 9.85. The van der Waals surface area contributed by atoms with Crippen LogP contribution in [0.3, 0.4) is 0 Å². The molecular weight excluding hydrogens is 571 g/mol. The zero-order valence-electron chi connectivity index (χ0n) is 24.4. The fourth-order valence-electron chi connectivity index (χ4n) is 6.40. The molecule has 0 spiro atoms. The maximum absolute atomic E-state index is 12.7. The van der Waals surface area contributed by atoms with Crippen LogP contribution in [0.2, 0.25) is 10.0 Å². The molecule has 6 nitrogen and oxygen atoms in total. The Morgan fingerprint density at radius 3 is 2.45 bits per heavy atom. The van der Waals surface area contributed by atoms with Crippen molar-refractivity contribution in [2.24, 2.45) is 0 Å². The quantitative estimate of drug-likeness (QED) is 0.258. The smallest absolute Gasteiger partial charge is 0.323 e. The first-order chi connectivity index (χ1) is 20.3. The second-order valence-corrected chi connectivity index (χ2v) is 12.6. The summed E-state index contributed by atoms with van der Waals surface area (Å²) in [6.45, 7) is 4.39. The number of carbonyl (C=O) groups excluding carboxylic acids is 1. The van der Waals surface area contributed by atoms with Crippen LogP contribution < -0.4 is 9.47 Å². The summed E-state index contributed by atoms with van der Waals surface area (Å²) in [6.07, 6.45) is 4.75. The third kappa shape index (κ3) is 6.00. The van der Waals surface area contributed by atoms with E-state index >= 15 is 0 Å². The van der Waals surface area contributed by atoms with Crippen LogP contribution in [-0.4, -0.2) is 48.6 Å². The average molecular weight is 610 g/mol. The van der Waals surface area contributed by atoms with Gasteiger partial charge in [0.1, 0.15) is 29.7 Å². The molecule has 0 saturated heterocycles. The summed E-state index contributed by atoms with van der Waals surface area (Å²) in [4.78, 5) is 17.4. The van der Waals surface area contributed by atoms with Gasteiger partial charge in [0.05, 0.1) is 17.2 Å². The maximum atomic E-state index is 12.7. The number of likely N-dealkylation sites (N-methyl/N-ethyl adjacent to an activating group) is 1. The molecule has 8 heteroatoms. The molecule has 0 unspecified atom stereocenters. The largest absolute Gasteiger partial charge is 0.486 e. The van der Waals surface area contributed by atoms with Crippen molar-refractivity contribution in [1.82, 2.24) is 9.80 Å². The topological polar surface area (TPSA) is 51.2 Å².